The van der Waals surface area contributed by atoms with Crippen molar-refractivity contribution in [1.82, 2.24) is 9.88 Å². The molecule has 2 aromatic carbocycles. The first-order valence-electron chi connectivity index (χ1n) is 12.3. The van der Waals surface area contributed by atoms with Crippen LogP contribution in [0.15, 0.2) is 101 Å². The number of piperidine rings is 1. The number of aliphatic imine (C=N–C) groups is 1. The van der Waals surface area contributed by atoms with Crippen LogP contribution in [0.1, 0.15) is 24.0 Å². The van der Waals surface area contributed by atoms with E-state index in [0.29, 0.717) is 0 Å². The minimum atomic E-state index is -0.258. The number of rotatable bonds is 7. The molecule has 0 saturated carbocycles. The van der Waals surface area contributed by atoms with Crippen LogP contribution in [0.5, 0.6) is 0 Å². The molecule has 5 rings (SSSR count). The molecule has 1 unspecified atom stereocenters. The van der Waals surface area contributed by atoms with E-state index in [1.54, 1.807) is 31.3 Å². The Balaban J connectivity index is 1.49. The average molecular weight is 485 g/mol. The van der Waals surface area contributed by atoms with Crippen molar-refractivity contribution >= 4 is 11.9 Å². The highest BCUT2D eigenvalue weighted by Gasteiger charge is 2.42. The Morgan fingerprint density at radius 1 is 0.972 bits per heavy atom. The van der Waals surface area contributed by atoms with Crippen molar-refractivity contribution in [3.05, 3.63) is 119 Å². The highest BCUT2D eigenvalue weighted by atomic mass is 19.1. The van der Waals surface area contributed by atoms with Crippen molar-refractivity contribution in [1.29, 1.82) is 0 Å². The van der Waals surface area contributed by atoms with Gasteiger partial charge in [-0.05, 0) is 90.6 Å². The zero-order chi connectivity index (χ0) is 25.0. The lowest BCUT2D eigenvalue weighted by Gasteiger charge is -2.48. The van der Waals surface area contributed by atoms with E-state index in [9.17, 15) is 8.78 Å². The van der Waals surface area contributed by atoms with Crippen molar-refractivity contribution in [2.24, 2.45) is 10.4 Å². The second-order valence-corrected chi connectivity index (χ2v) is 9.70. The monoisotopic (exact) mass is 484 g/mol. The number of hydrogen-bond acceptors (Lipinski definition) is 4. The van der Waals surface area contributed by atoms with Gasteiger partial charge in [-0.2, -0.15) is 0 Å². The summed E-state index contributed by atoms with van der Waals surface area (Å²) in [7, 11) is 1.78. The maximum absolute atomic E-state index is 13.7. The molecule has 0 radical (unpaired) electrons. The number of halogens is 2. The molecule has 0 amide bonds. The molecule has 1 saturated heterocycles. The molecule has 4 nitrogen and oxygen atoms in total. The normalized spacial score (nSPS) is 20.4. The SMILES string of the molecule is CN=CC1=C(Nc2ccc(F)cc2)C=C2CCN(Cc3ccncc3)CC2(Cc2ccc(F)cc2)C1. The summed E-state index contributed by atoms with van der Waals surface area (Å²) in [6.45, 7) is 2.71. The molecule has 36 heavy (non-hydrogen) atoms. The zero-order valence-corrected chi connectivity index (χ0v) is 20.4. The second kappa shape index (κ2) is 10.5. The van der Waals surface area contributed by atoms with E-state index >= 15 is 0 Å². The third-order valence-corrected chi connectivity index (χ3v) is 7.12. The molecule has 1 atom stereocenters. The molecular formula is C30H30F2N4. The fraction of sp³-hybridized carbons (Fsp3) is 0.267. The quantitative estimate of drug-likeness (QED) is 0.407. The number of nitrogens with zero attached hydrogens (tertiary/aromatic N) is 3. The number of benzene rings is 2. The van der Waals surface area contributed by atoms with Gasteiger partial charge in [0.25, 0.3) is 0 Å². The van der Waals surface area contributed by atoms with Crippen LogP contribution in [-0.4, -0.2) is 36.2 Å². The summed E-state index contributed by atoms with van der Waals surface area (Å²) in [5.41, 5.74) is 6.57. The van der Waals surface area contributed by atoms with Gasteiger partial charge in [0.15, 0.2) is 0 Å². The van der Waals surface area contributed by atoms with Gasteiger partial charge in [0.05, 0.1) is 0 Å². The maximum atomic E-state index is 13.7. The number of anilines is 1. The van der Waals surface area contributed by atoms with E-state index in [4.69, 9.17) is 0 Å². The van der Waals surface area contributed by atoms with Crippen LogP contribution < -0.4 is 5.32 Å². The third-order valence-electron chi connectivity index (χ3n) is 7.12. The molecule has 6 heteroatoms. The Hall–Kier alpha value is -3.64. The van der Waals surface area contributed by atoms with Gasteiger partial charge in [-0.1, -0.05) is 17.7 Å². The van der Waals surface area contributed by atoms with E-state index in [0.717, 1.165) is 61.4 Å². The molecule has 2 aliphatic rings. The van der Waals surface area contributed by atoms with E-state index in [-0.39, 0.29) is 17.0 Å². The Morgan fingerprint density at radius 2 is 1.67 bits per heavy atom. The largest absolute Gasteiger partial charge is 0.355 e. The highest BCUT2D eigenvalue weighted by molar-refractivity contribution is 5.83. The Morgan fingerprint density at radius 3 is 2.36 bits per heavy atom. The van der Waals surface area contributed by atoms with Crippen molar-refractivity contribution in [3.63, 3.8) is 0 Å². The maximum Gasteiger partial charge on any atom is 0.123 e. The molecule has 2 heterocycles. The van der Waals surface area contributed by atoms with E-state index in [1.807, 2.05) is 30.7 Å². The van der Waals surface area contributed by atoms with Gasteiger partial charge < -0.3 is 5.32 Å². The number of allylic oxidation sites excluding steroid dienone is 2. The number of aromatic nitrogens is 1. The van der Waals surface area contributed by atoms with Crippen LogP contribution in [0.4, 0.5) is 14.5 Å². The lowest BCUT2D eigenvalue weighted by Crippen LogP contribution is -2.47. The van der Waals surface area contributed by atoms with Crippen molar-refractivity contribution in [2.75, 3.05) is 25.5 Å². The van der Waals surface area contributed by atoms with Gasteiger partial charge in [0.2, 0.25) is 0 Å². The molecule has 184 valence electrons. The first-order chi connectivity index (χ1) is 17.5. The number of likely N-dealkylation sites (tertiary alicyclic amines) is 1. The van der Waals surface area contributed by atoms with Gasteiger partial charge in [0.1, 0.15) is 11.6 Å². The predicted molar refractivity (Wildman–Crippen MR) is 141 cm³/mol. The minimum Gasteiger partial charge on any atom is -0.355 e. The summed E-state index contributed by atoms with van der Waals surface area (Å²) in [6.07, 6.45) is 10.4. The van der Waals surface area contributed by atoms with Crippen LogP contribution in [0.25, 0.3) is 0 Å². The van der Waals surface area contributed by atoms with Gasteiger partial charge >= 0.3 is 0 Å². The first-order valence-corrected chi connectivity index (χ1v) is 12.3. The minimum absolute atomic E-state index is 0.131. The molecule has 1 N–H and O–H groups in total. The third kappa shape index (κ3) is 5.44. The smallest absolute Gasteiger partial charge is 0.123 e. The molecular weight excluding hydrogens is 454 g/mol. The fourth-order valence-electron chi connectivity index (χ4n) is 5.46. The number of nitrogens with one attached hydrogen (secondary N) is 1. The lowest BCUT2D eigenvalue weighted by molar-refractivity contribution is 0.131. The Labute approximate surface area is 211 Å². The van der Waals surface area contributed by atoms with Crippen molar-refractivity contribution in [3.8, 4) is 0 Å². The summed E-state index contributed by atoms with van der Waals surface area (Å²) in [6, 6.07) is 17.4. The fourth-order valence-corrected chi connectivity index (χ4v) is 5.46. The standard InChI is InChI=1S/C30H30F2N4/c1-33-19-24-18-30(17-22-2-4-26(31)5-3-22)21-36(20-23-10-13-34-14-11-23)15-12-25(30)16-29(24)35-28-8-6-27(32)7-9-28/h2-11,13-14,16,19,35H,12,15,17-18,20-21H2,1H3. The lowest BCUT2D eigenvalue weighted by atomic mass is 9.65. The molecule has 3 aromatic rings. The number of pyridine rings is 1. The molecule has 1 fully saturated rings. The van der Waals surface area contributed by atoms with Crippen LogP contribution in [0.2, 0.25) is 0 Å². The summed E-state index contributed by atoms with van der Waals surface area (Å²) in [5.74, 6) is -0.477. The van der Waals surface area contributed by atoms with Crippen LogP contribution in [0, 0.1) is 17.0 Å². The Kier molecular flexibility index (Phi) is 7.05. The van der Waals surface area contributed by atoms with Crippen LogP contribution in [0.3, 0.4) is 0 Å². The molecule has 0 spiro atoms. The summed E-state index contributed by atoms with van der Waals surface area (Å²) in [4.78, 5) is 11.0. The molecule has 1 aliphatic carbocycles. The van der Waals surface area contributed by atoms with Gasteiger partial charge in [-0.15, -0.1) is 0 Å². The molecule has 1 aromatic heterocycles. The van der Waals surface area contributed by atoms with E-state index < -0.39 is 0 Å². The summed E-state index contributed by atoms with van der Waals surface area (Å²) >= 11 is 0. The van der Waals surface area contributed by atoms with Crippen LogP contribution >= 0.6 is 0 Å². The van der Waals surface area contributed by atoms with E-state index in [1.165, 1.54) is 23.3 Å². The summed E-state index contributed by atoms with van der Waals surface area (Å²) < 4.78 is 27.1. The van der Waals surface area contributed by atoms with Gasteiger partial charge in [-0.3, -0.25) is 14.9 Å². The number of fused-ring (bicyclic) bond motifs is 1. The van der Waals surface area contributed by atoms with Crippen LogP contribution in [-0.2, 0) is 13.0 Å². The summed E-state index contributed by atoms with van der Waals surface area (Å²) in [5, 5.41) is 3.49. The topological polar surface area (TPSA) is 40.5 Å². The van der Waals surface area contributed by atoms with E-state index in [2.05, 4.69) is 38.4 Å². The van der Waals surface area contributed by atoms with Crippen molar-refractivity contribution < 1.29 is 8.78 Å². The number of hydrogen-bond donors (Lipinski definition) is 1. The molecule has 1 aliphatic heterocycles. The van der Waals surface area contributed by atoms with Gasteiger partial charge in [-0.25, -0.2) is 8.78 Å². The second-order valence-electron chi connectivity index (χ2n) is 9.70. The average Bonchev–Trinajstić information content (AvgIpc) is 2.88. The van der Waals surface area contributed by atoms with Gasteiger partial charge in [0, 0.05) is 62.1 Å². The first kappa shape index (κ1) is 24.1. The van der Waals surface area contributed by atoms with Crippen molar-refractivity contribution in [2.45, 2.75) is 25.8 Å². The Bertz CT molecular complexity index is 1280. The highest BCUT2D eigenvalue weighted by Crippen LogP contribution is 2.47. The molecule has 0 bridgehead atoms. The predicted octanol–water partition coefficient (Wildman–Crippen LogP) is 6.19. The zero-order valence-electron chi connectivity index (χ0n) is 20.4.